The number of benzene rings is 1. The van der Waals surface area contributed by atoms with Gasteiger partial charge in [0.15, 0.2) is 5.16 Å². The van der Waals surface area contributed by atoms with Gasteiger partial charge in [0.2, 0.25) is 11.8 Å². The normalized spacial score (nSPS) is 12.0. The van der Waals surface area contributed by atoms with E-state index < -0.39 is 5.91 Å². The zero-order valence-corrected chi connectivity index (χ0v) is 15.6. The Hall–Kier alpha value is -2.42. The third kappa shape index (κ3) is 5.83. The summed E-state index contributed by atoms with van der Waals surface area (Å²) in [5, 5.41) is 11.2. The number of hydrogen-bond acceptors (Lipinski definition) is 5. The number of thioether (sulfide) groups is 1. The van der Waals surface area contributed by atoms with Gasteiger partial charge in [-0.1, -0.05) is 23.9 Å². The van der Waals surface area contributed by atoms with Crippen LogP contribution in [-0.4, -0.2) is 38.4 Å². The van der Waals surface area contributed by atoms with Gasteiger partial charge in [0, 0.05) is 26.4 Å². The van der Waals surface area contributed by atoms with Crippen LogP contribution in [0.4, 0.5) is 4.39 Å². The van der Waals surface area contributed by atoms with Crippen molar-refractivity contribution in [2.24, 2.45) is 12.8 Å². The molecule has 1 heterocycles. The molecule has 7 nitrogen and oxygen atoms in total. The molecule has 0 aliphatic carbocycles. The lowest BCUT2D eigenvalue weighted by atomic mass is 10.1. The summed E-state index contributed by atoms with van der Waals surface area (Å²) in [6, 6.07) is 6.21. The van der Waals surface area contributed by atoms with Gasteiger partial charge >= 0.3 is 0 Å². The molecule has 0 fully saturated rings. The van der Waals surface area contributed by atoms with Gasteiger partial charge in [-0.05, 0) is 31.0 Å². The van der Waals surface area contributed by atoms with Crippen molar-refractivity contribution < 1.29 is 14.0 Å². The zero-order valence-electron chi connectivity index (χ0n) is 14.7. The molecule has 1 aromatic carbocycles. The number of halogens is 1. The lowest BCUT2D eigenvalue weighted by molar-refractivity contribution is -0.120. The van der Waals surface area contributed by atoms with E-state index in [1.165, 1.54) is 23.9 Å². The largest absolute Gasteiger partial charge is 0.370 e. The number of carbonyl (C=O) groups excluding carboxylic acids is 2. The molecular weight excluding hydrogens is 357 g/mol. The molecule has 0 bridgehead atoms. The molecule has 0 spiro atoms. The van der Waals surface area contributed by atoms with E-state index in [4.69, 9.17) is 5.73 Å². The number of nitrogens with two attached hydrogens (primary N) is 1. The summed E-state index contributed by atoms with van der Waals surface area (Å²) in [5.41, 5.74) is 6.10. The van der Waals surface area contributed by atoms with Crippen molar-refractivity contribution >= 4 is 23.6 Å². The van der Waals surface area contributed by atoms with E-state index in [9.17, 15) is 14.0 Å². The van der Waals surface area contributed by atoms with E-state index in [1.54, 1.807) is 30.7 Å². The van der Waals surface area contributed by atoms with Gasteiger partial charge < -0.3 is 15.6 Å². The number of primary amides is 1. The van der Waals surface area contributed by atoms with Gasteiger partial charge in [-0.2, -0.15) is 0 Å². The number of nitrogens with zero attached hydrogens (tertiary/aromatic N) is 3. The van der Waals surface area contributed by atoms with E-state index in [0.717, 1.165) is 5.56 Å². The first-order valence-corrected chi connectivity index (χ1v) is 9.10. The topological polar surface area (TPSA) is 103 Å². The molecule has 1 atom stereocenters. The van der Waals surface area contributed by atoms with Gasteiger partial charge in [-0.15, -0.1) is 10.2 Å². The minimum atomic E-state index is -0.392. The quantitative estimate of drug-likeness (QED) is 0.638. The molecule has 0 aliphatic rings. The molecule has 0 radical (unpaired) electrons. The second kappa shape index (κ2) is 9.33. The predicted molar refractivity (Wildman–Crippen MR) is 97.0 cm³/mol. The number of aryl methyl sites for hydroxylation is 1. The number of nitrogens with one attached hydrogen (secondary N) is 1. The number of amides is 2. The average molecular weight is 379 g/mol. The maximum atomic E-state index is 12.9. The summed E-state index contributed by atoms with van der Waals surface area (Å²) in [4.78, 5) is 23.1. The van der Waals surface area contributed by atoms with Crippen molar-refractivity contribution in [2.75, 3.05) is 6.54 Å². The van der Waals surface area contributed by atoms with Crippen LogP contribution in [0, 0.1) is 5.82 Å². The van der Waals surface area contributed by atoms with Crippen LogP contribution in [0.2, 0.25) is 0 Å². The molecule has 1 aromatic heterocycles. The first-order chi connectivity index (χ1) is 12.4. The lowest BCUT2D eigenvalue weighted by Gasteiger charge is -2.11. The minimum Gasteiger partial charge on any atom is -0.370 e. The Morgan fingerprint density at radius 3 is 2.62 bits per heavy atom. The second-order valence-electron chi connectivity index (χ2n) is 5.85. The molecule has 2 amide bonds. The first-order valence-electron chi connectivity index (χ1n) is 8.22. The molecule has 140 valence electrons. The summed E-state index contributed by atoms with van der Waals surface area (Å²) in [7, 11) is 1.79. The van der Waals surface area contributed by atoms with E-state index in [2.05, 4.69) is 15.5 Å². The Kier molecular flexibility index (Phi) is 7.14. The van der Waals surface area contributed by atoms with Crippen molar-refractivity contribution in [3.63, 3.8) is 0 Å². The molecular formula is C17H22FN5O2S. The van der Waals surface area contributed by atoms with Gasteiger partial charge in [0.1, 0.15) is 11.6 Å². The molecule has 2 rings (SSSR count). The van der Waals surface area contributed by atoms with Crippen LogP contribution in [0.25, 0.3) is 0 Å². The molecule has 0 aliphatic heterocycles. The van der Waals surface area contributed by atoms with Crippen LogP contribution < -0.4 is 11.1 Å². The Morgan fingerprint density at radius 1 is 1.27 bits per heavy atom. The highest BCUT2D eigenvalue weighted by molar-refractivity contribution is 8.00. The summed E-state index contributed by atoms with van der Waals surface area (Å²) < 4.78 is 14.6. The molecule has 26 heavy (non-hydrogen) atoms. The van der Waals surface area contributed by atoms with Crippen LogP contribution in [0.3, 0.4) is 0 Å². The van der Waals surface area contributed by atoms with Crippen molar-refractivity contribution in [1.82, 2.24) is 20.1 Å². The van der Waals surface area contributed by atoms with E-state index in [-0.39, 0.29) is 23.4 Å². The Morgan fingerprint density at radius 2 is 1.96 bits per heavy atom. The number of aromatic nitrogens is 3. The molecule has 9 heteroatoms. The number of hydrogen-bond donors (Lipinski definition) is 2. The summed E-state index contributed by atoms with van der Waals surface area (Å²) >= 11 is 1.29. The molecule has 0 saturated carbocycles. The standard InChI is InChI=1S/C17H22FN5O2S/c1-11(16(25)20-10-9-12-3-5-13(18)6-4-12)26-17-22-21-15(23(17)2)8-7-14(19)24/h3-6,11H,7-10H2,1-2H3,(H2,19,24)(H,20,25)/t11-/m0/s1. The summed E-state index contributed by atoms with van der Waals surface area (Å²) in [6.07, 6.45) is 1.25. The Balaban J connectivity index is 1.81. The summed E-state index contributed by atoms with van der Waals surface area (Å²) in [5.74, 6) is -0.133. The van der Waals surface area contributed by atoms with Crippen molar-refractivity contribution in [3.05, 3.63) is 41.5 Å². The third-order valence-electron chi connectivity index (χ3n) is 3.80. The van der Waals surface area contributed by atoms with Crippen LogP contribution in [0.15, 0.2) is 29.4 Å². The van der Waals surface area contributed by atoms with Crippen molar-refractivity contribution in [3.8, 4) is 0 Å². The Bertz CT molecular complexity index is 763. The van der Waals surface area contributed by atoms with Gasteiger partial charge in [-0.25, -0.2) is 4.39 Å². The van der Waals surface area contributed by atoms with Crippen LogP contribution >= 0.6 is 11.8 Å². The Labute approximate surface area is 155 Å². The van der Waals surface area contributed by atoms with Crippen LogP contribution in [0.5, 0.6) is 0 Å². The third-order valence-corrected chi connectivity index (χ3v) is 4.93. The fraction of sp³-hybridized carbons (Fsp3) is 0.412. The highest BCUT2D eigenvalue weighted by Crippen LogP contribution is 2.21. The van der Waals surface area contributed by atoms with E-state index >= 15 is 0 Å². The fourth-order valence-corrected chi connectivity index (χ4v) is 3.09. The number of carbonyl (C=O) groups is 2. The van der Waals surface area contributed by atoms with Crippen molar-refractivity contribution in [2.45, 2.75) is 36.6 Å². The van der Waals surface area contributed by atoms with Crippen LogP contribution in [-0.2, 0) is 29.5 Å². The zero-order chi connectivity index (χ0) is 19.1. The molecule has 0 saturated heterocycles. The maximum Gasteiger partial charge on any atom is 0.233 e. The molecule has 2 aromatic rings. The molecule has 3 N–H and O–H groups in total. The van der Waals surface area contributed by atoms with Crippen LogP contribution in [0.1, 0.15) is 24.7 Å². The monoisotopic (exact) mass is 379 g/mol. The second-order valence-corrected chi connectivity index (χ2v) is 7.16. The van der Waals surface area contributed by atoms with Crippen molar-refractivity contribution in [1.29, 1.82) is 0 Å². The minimum absolute atomic E-state index is 0.112. The molecule has 0 unspecified atom stereocenters. The van der Waals surface area contributed by atoms with Gasteiger partial charge in [-0.3, -0.25) is 9.59 Å². The van der Waals surface area contributed by atoms with E-state index in [1.807, 2.05) is 0 Å². The van der Waals surface area contributed by atoms with E-state index in [0.29, 0.717) is 30.4 Å². The average Bonchev–Trinajstić information content (AvgIpc) is 2.94. The fourth-order valence-electron chi connectivity index (χ4n) is 2.24. The first kappa shape index (κ1) is 19.9. The predicted octanol–water partition coefficient (Wildman–Crippen LogP) is 1.21. The summed E-state index contributed by atoms with van der Waals surface area (Å²) in [6.45, 7) is 2.26. The highest BCUT2D eigenvalue weighted by atomic mass is 32.2. The number of rotatable bonds is 9. The van der Waals surface area contributed by atoms with Gasteiger partial charge in [0.25, 0.3) is 0 Å². The van der Waals surface area contributed by atoms with Gasteiger partial charge in [0.05, 0.1) is 5.25 Å². The highest BCUT2D eigenvalue weighted by Gasteiger charge is 2.18. The smallest absolute Gasteiger partial charge is 0.233 e. The maximum absolute atomic E-state index is 12.9. The SMILES string of the molecule is C[C@H](Sc1nnc(CCC(N)=O)n1C)C(=O)NCCc1ccc(F)cc1. The lowest BCUT2D eigenvalue weighted by Crippen LogP contribution is -2.32.